The average Bonchev–Trinajstić information content (AvgIpc) is 2.05. The third-order valence-corrected chi connectivity index (χ3v) is 2.36. The van der Waals surface area contributed by atoms with Gasteiger partial charge in [-0.3, -0.25) is 4.90 Å². The highest BCUT2D eigenvalue weighted by Crippen LogP contribution is 2.27. The number of piperazine rings is 1. The second-order valence-electron chi connectivity index (χ2n) is 3.25. The minimum atomic E-state index is -4.08. The Balaban J connectivity index is 0. The molecule has 7 heteroatoms. The van der Waals surface area contributed by atoms with Gasteiger partial charge in [0.1, 0.15) is 6.04 Å². The summed E-state index contributed by atoms with van der Waals surface area (Å²) in [5, 5.41) is 3.04. The first-order valence-electron chi connectivity index (χ1n) is 4.57. The first-order chi connectivity index (χ1) is 6.05. The Kier molecular flexibility index (Phi) is 8.89. The summed E-state index contributed by atoms with van der Waals surface area (Å²) >= 11 is 0. The molecule has 2 nitrogen and oxygen atoms in total. The molecule has 0 aromatic carbocycles. The first kappa shape index (κ1) is 17.7. The van der Waals surface area contributed by atoms with E-state index in [9.17, 15) is 13.2 Å². The van der Waals surface area contributed by atoms with Gasteiger partial charge in [-0.15, -0.1) is 24.8 Å². The highest BCUT2D eigenvalue weighted by atomic mass is 35.5. The summed E-state index contributed by atoms with van der Waals surface area (Å²) in [7, 11) is 0. The summed E-state index contributed by atoms with van der Waals surface area (Å²) in [6.45, 7) is 3.90. The van der Waals surface area contributed by atoms with E-state index in [1.54, 1.807) is 6.92 Å². The molecule has 0 spiro atoms. The van der Waals surface area contributed by atoms with Gasteiger partial charge in [-0.25, -0.2) is 0 Å². The molecule has 0 aromatic rings. The van der Waals surface area contributed by atoms with Gasteiger partial charge in [0.25, 0.3) is 0 Å². The SMILES string of the molecule is CC[C@@H](N1CCNCC1)C(F)(F)F.Cl.Cl. The lowest BCUT2D eigenvalue weighted by atomic mass is 10.1. The lowest BCUT2D eigenvalue weighted by Gasteiger charge is -2.35. The van der Waals surface area contributed by atoms with Crippen molar-refractivity contribution in [1.29, 1.82) is 0 Å². The molecule has 0 aliphatic carbocycles. The minimum Gasteiger partial charge on any atom is -0.314 e. The number of rotatable bonds is 2. The molecule has 0 radical (unpaired) electrons. The van der Waals surface area contributed by atoms with Crippen LogP contribution >= 0.6 is 24.8 Å². The summed E-state index contributed by atoms with van der Waals surface area (Å²) in [6.07, 6.45) is -3.93. The first-order valence-corrected chi connectivity index (χ1v) is 4.57. The van der Waals surface area contributed by atoms with Crippen molar-refractivity contribution in [2.24, 2.45) is 0 Å². The quantitative estimate of drug-likeness (QED) is 0.825. The van der Waals surface area contributed by atoms with Crippen molar-refractivity contribution in [3.8, 4) is 0 Å². The predicted molar refractivity (Wildman–Crippen MR) is 59.1 cm³/mol. The van der Waals surface area contributed by atoms with Crippen molar-refractivity contribution in [3.05, 3.63) is 0 Å². The number of hydrogen-bond acceptors (Lipinski definition) is 2. The summed E-state index contributed by atoms with van der Waals surface area (Å²) in [5.41, 5.74) is 0. The van der Waals surface area contributed by atoms with Crippen molar-refractivity contribution < 1.29 is 13.2 Å². The average molecular weight is 269 g/mol. The van der Waals surface area contributed by atoms with Crippen LogP contribution in [0.25, 0.3) is 0 Å². The van der Waals surface area contributed by atoms with Crippen molar-refractivity contribution >= 4 is 24.8 Å². The maximum atomic E-state index is 12.4. The Morgan fingerprint density at radius 2 is 1.67 bits per heavy atom. The molecule has 0 bridgehead atoms. The van der Waals surface area contributed by atoms with E-state index >= 15 is 0 Å². The smallest absolute Gasteiger partial charge is 0.314 e. The molecule has 1 atom stereocenters. The van der Waals surface area contributed by atoms with Crippen LogP contribution in [-0.2, 0) is 0 Å². The van der Waals surface area contributed by atoms with E-state index in [0.29, 0.717) is 26.2 Å². The zero-order valence-electron chi connectivity index (χ0n) is 8.51. The van der Waals surface area contributed by atoms with Gasteiger partial charge in [0.2, 0.25) is 0 Å². The highest BCUT2D eigenvalue weighted by molar-refractivity contribution is 5.85. The van der Waals surface area contributed by atoms with Crippen LogP contribution in [0.3, 0.4) is 0 Å². The zero-order valence-corrected chi connectivity index (χ0v) is 10.1. The van der Waals surface area contributed by atoms with Crippen LogP contribution in [0.5, 0.6) is 0 Å². The van der Waals surface area contributed by atoms with E-state index in [2.05, 4.69) is 5.32 Å². The third kappa shape index (κ3) is 5.24. The van der Waals surface area contributed by atoms with Crippen LogP contribution in [-0.4, -0.2) is 43.3 Å². The molecule has 1 saturated heterocycles. The molecular weight excluding hydrogens is 252 g/mol. The molecule has 0 unspecified atom stereocenters. The topological polar surface area (TPSA) is 15.3 Å². The number of halogens is 5. The van der Waals surface area contributed by atoms with Crippen molar-refractivity contribution in [2.75, 3.05) is 26.2 Å². The van der Waals surface area contributed by atoms with Crippen molar-refractivity contribution in [2.45, 2.75) is 25.6 Å². The number of nitrogens with one attached hydrogen (secondary N) is 1. The highest BCUT2D eigenvalue weighted by Gasteiger charge is 2.42. The van der Waals surface area contributed by atoms with E-state index < -0.39 is 12.2 Å². The van der Waals surface area contributed by atoms with Crippen LogP contribution < -0.4 is 5.32 Å². The fourth-order valence-corrected chi connectivity index (χ4v) is 1.69. The lowest BCUT2D eigenvalue weighted by molar-refractivity contribution is -0.185. The fourth-order valence-electron chi connectivity index (χ4n) is 1.69. The molecule has 15 heavy (non-hydrogen) atoms. The Bertz CT molecular complexity index is 160. The van der Waals surface area contributed by atoms with E-state index in [-0.39, 0.29) is 31.2 Å². The molecular formula is C8H17Cl2F3N2. The van der Waals surface area contributed by atoms with Crippen LogP contribution in [0.15, 0.2) is 0 Å². The maximum absolute atomic E-state index is 12.4. The van der Waals surface area contributed by atoms with Crippen LogP contribution in [0.2, 0.25) is 0 Å². The normalized spacial score (nSPS) is 20.0. The number of nitrogens with zero attached hydrogens (tertiary/aromatic N) is 1. The standard InChI is InChI=1S/C8H15F3N2.2ClH/c1-2-7(8(9,10)11)13-5-3-12-4-6-13;;/h7,12H,2-6H2,1H3;2*1H/t7-;;/m1../s1. The van der Waals surface area contributed by atoms with Gasteiger partial charge in [-0.1, -0.05) is 6.92 Å². The van der Waals surface area contributed by atoms with Gasteiger partial charge in [-0.2, -0.15) is 13.2 Å². The summed E-state index contributed by atoms with van der Waals surface area (Å²) in [5.74, 6) is 0. The van der Waals surface area contributed by atoms with E-state index in [4.69, 9.17) is 0 Å². The van der Waals surface area contributed by atoms with Gasteiger partial charge in [-0.05, 0) is 6.42 Å². The Morgan fingerprint density at radius 3 is 2.00 bits per heavy atom. The van der Waals surface area contributed by atoms with Crippen LogP contribution in [0.1, 0.15) is 13.3 Å². The van der Waals surface area contributed by atoms with Crippen molar-refractivity contribution in [1.82, 2.24) is 10.2 Å². The summed E-state index contributed by atoms with van der Waals surface area (Å²) in [4.78, 5) is 1.51. The van der Waals surface area contributed by atoms with Gasteiger partial charge in [0, 0.05) is 26.2 Å². The monoisotopic (exact) mass is 268 g/mol. The van der Waals surface area contributed by atoms with E-state index in [1.165, 1.54) is 4.90 Å². The lowest BCUT2D eigenvalue weighted by Crippen LogP contribution is -2.53. The predicted octanol–water partition coefficient (Wildman–Crippen LogP) is 2.08. The molecule has 1 rings (SSSR count). The van der Waals surface area contributed by atoms with Gasteiger partial charge in [0.05, 0.1) is 0 Å². The minimum absolute atomic E-state index is 0. The zero-order chi connectivity index (χ0) is 9.90. The molecule has 1 aliphatic heterocycles. The molecule has 1 aliphatic rings. The number of hydrogen-bond donors (Lipinski definition) is 1. The van der Waals surface area contributed by atoms with Gasteiger partial charge in [0.15, 0.2) is 0 Å². The molecule has 1 heterocycles. The van der Waals surface area contributed by atoms with Crippen LogP contribution in [0, 0.1) is 0 Å². The maximum Gasteiger partial charge on any atom is 0.404 e. The van der Waals surface area contributed by atoms with Gasteiger partial charge < -0.3 is 5.32 Å². The second-order valence-corrected chi connectivity index (χ2v) is 3.25. The molecule has 0 aromatic heterocycles. The Labute approximate surface area is 100 Å². The second kappa shape index (κ2) is 7.54. The molecule has 0 saturated carbocycles. The number of alkyl halides is 3. The molecule has 1 N–H and O–H groups in total. The summed E-state index contributed by atoms with van der Waals surface area (Å²) < 4.78 is 37.3. The van der Waals surface area contributed by atoms with E-state index in [0.717, 1.165) is 0 Å². The van der Waals surface area contributed by atoms with Crippen LogP contribution in [0.4, 0.5) is 13.2 Å². The summed E-state index contributed by atoms with van der Waals surface area (Å²) in [6, 6.07) is -1.26. The Hall–Kier alpha value is 0.290. The molecule has 1 fully saturated rings. The van der Waals surface area contributed by atoms with E-state index in [1.807, 2.05) is 0 Å². The molecule has 0 amide bonds. The largest absolute Gasteiger partial charge is 0.404 e. The van der Waals surface area contributed by atoms with Gasteiger partial charge >= 0.3 is 6.18 Å². The third-order valence-electron chi connectivity index (χ3n) is 2.36. The molecule has 94 valence electrons. The van der Waals surface area contributed by atoms with Crippen molar-refractivity contribution in [3.63, 3.8) is 0 Å². The fraction of sp³-hybridized carbons (Fsp3) is 1.00. The Morgan fingerprint density at radius 1 is 1.20 bits per heavy atom.